The van der Waals surface area contributed by atoms with Crippen LogP contribution < -0.4 is 16.4 Å². The fourth-order valence-corrected chi connectivity index (χ4v) is 3.08. The summed E-state index contributed by atoms with van der Waals surface area (Å²) in [7, 11) is 0. The first-order valence-corrected chi connectivity index (χ1v) is 8.70. The predicted octanol–water partition coefficient (Wildman–Crippen LogP) is 2.44. The highest BCUT2D eigenvalue weighted by Gasteiger charge is 2.28. The molecule has 0 spiro atoms. The number of halogens is 2. The number of nitrogens with zero attached hydrogens (tertiary/aromatic N) is 2. The summed E-state index contributed by atoms with van der Waals surface area (Å²) in [6, 6.07) is 10.2. The van der Waals surface area contributed by atoms with Crippen LogP contribution in [0.5, 0.6) is 0 Å². The van der Waals surface area contributed by atoms with E-state index in [9.17, 15) is 18.4 Å². The Bertz CT molecular complexity index is 1110. The molecule has 0 saturated carbocycles. The topological polar surface area (TPSA) is 110 Å². The lowest BCUT2D eigenvalue weighted by atomic mass is 10.1. The van der Waals surface area contributed by atoms with Crippen molar-refractivity contribution in [2.24, 2.45) is 5.73 Å². The molecule has 2 amide bonds. The SMILES string of the molecule is NC(=O)Cc1ccc(Nc2nc(-c3c(F)cccc3F)nc3c2C(=O)NC3)cc1. The Labute approximate surface area is 164 Å². The fourth-order valence-electron chi connectivity index (χ4n) is 3.08. The van der Waals surface area contributed by atoms with Crippen molar-refractivity contribution < 1.29 is 18.4 Å². The van der Waals surface area contributed by atoms with E-state index in [1.165, 1.54) is 6.07 Å². The molecule has 0 saturated heterocycles. The Balaban J connectivity index is 1.76. The van der Waals surface area contributed by atoms with E-state index in [4.69, 9.17) is 5.73 Å². The first-order chi connectivity index (χ1) is 13.9. The highest BCUT2D eigenvalue weighted by atomic mass is 19.1. The Morgan fingerprint density at radius 1 is 1.07 bits per heavy atom. The van der Waals surface area contributed by atoms with Crippen molar-refractivity contribution in [3.63, 3.8) is 0 Å². The summed E-state index contributed by atoms with van der Waals surface area (Å²) >= 11 is 0. The second-order valence-electron chi connectivity index (χ2n) is 6.46. The van der Waals surface area contributed by atoms with Crippen LogP contribution in [0.25, 0.3) is 11.4 Å². The number of hydrogen-bond donors (Lipinski definition) is 3. The van der Waals surface area contributed by atoms with Crippen LogP contribution in [-0.4, -0.2) is 21.8 Å². The monoisotopic (exact) mass is 395 g/mol. The molecule has 9 heteroatoms. The molecule has 4 rings (SSSR count). The highest BCUT2D eigenvalue weighted by molar-refractivity contribution is 6.03. The van der Waals surface area contributed by atoms with Gasteiger partial charge >= 0.3 is 0 Å². The lowest BCUT2D eigenvalue weighted by Crippen LogP contribution is -2.14. The number of aromatic nitrogens is 2. The first-order valence-electron chi connectivity index (χ1n) is 8.70. The highest BCUT2D eigenvalue weighted by Crippen LogP contribution is 2.30. The lowest BCUT2D eigenvalue weighted by Gasteiger charge is -2.12. The number of hydrogen-bond acceptors (Lipinski definition) is 5. The quantitative estimate of drug-likeness (QED) is 0.615. The minimum atomic E-state index is -0.802. The molecule has 7 nitrogen and oxygen atoms in total. The van der Waals surface area contributed by atoms with E-state index in [1.807, 2.05) is 0 Å². The summed E-state index contributed by atoms with van der Waals surface area (Å²) in [5.41, 5.74) is 6.67. The van der Waals surface area contributed by atoms with Crippen LogP contribution in [0.4, 0.5) is 20.3 Å². The van der Waals surface area contributed by atoms with Crippen molar-refractivity contribution in [1.82, 2.24) is 15.3 Å². The van der Waals surface area contributed by atoms with Gasteiger partial charge in [-0.15, -0.1) is 0 Å². The van der Waals surface area contributed by atoms with E-state index >= 15 is 0 Å². The summed E-state index contributed by atoms with van der Waals surface area (Å²) in [4.78, 5) is 31.6. The molecule has 4 N–H and O–H groups in total. The van der Waals surface area contributed by atoms with Crippen molar-refractivity contribution in [2.45, 2.75) is 13.0 Å². The third-order valence-electron chi connectivity index (χ3n) is 4.41. The summed E-state index contributed by atoms with van der Waals surface area (Å²) in [5.74, 6) is -2.47. The minimum absolute atomic E-state index is 0.0995. The molecule has 0 radical (unpaired) electrons. The number of anilines is 2. The second kappa shape index (κ2) is 7.27. The molecule has 1 aliphatic rings. The molecule has 146 valence electrons. The van der Waals surface area contributed by atoms with Crippen LogP contribution in [0.2, 0.25) is 0 Å². The molecular weight excluding hydrogens is 380 g/mol. The summed E-state index contributed by atoms with van der Waals surface area (Å²) in [5, 5.41) is 5.62. The molecule has 0 atom stereocenters. The number of primary amides is 1. The third kappa shape index (κ3) is 3.62. The van der Waals surface area contributed by atoms with E-state index in [2.05, 4.69) is 20.6 Å². The van der Waals surface area contributed by atoms with Crippen molar-refractivity contribution in [1.29, 1.82) is 0 Å². The van der Waals surface area contributed by atoms with Crippen LogP contribution in [0.3, 0.4) is 0 Å². The Hall–Kier alpha value is -3.88. The number of nitrogens with one attached hydrogen (secondary N) is 2. The Kier molecular flexibility index (Phi) is 4.63. The molecule has 0 unspecified atom stereocenters. The van der Waals surface area contributed by atoms with E-state index in [-0.39, 0.29) is 41.6 Å². The summed E-state index contributed by atoms with van der Waals surface area (Å²) in [6.07, 6.45) is 0.0995. The maximum absolute atomic E-state index is 14.2. The maximum atomic E-state index is 14.2. The van der Waals surface area contributed by atoms with Crippen LogP contribution in [0, 0.1) is 11.6 Å². The summed E-state index contributed by atoms with van der Waals surface area (Å²) < 4.78 is 28.4. The van der Waals surface area contributed by atoms with E-state index in [1.54, 1.807) is 24.3 Å². The molecule has 2 heterocycles. The number of fused-ring (bicyclic) bond motifs is 1. The smallest absolute Gasteiger partial charge is 0.257 e. The molecule has 1 aromatic heterocycles. The van der Waals surface area contributed by atoms with Crippen LogP contribution >= 0.6 is 0 Å². The van der Waals surface area contributed by atoms with E-state index in [0.29, 0.717) is 11.4 Å². The van der Waals surface area contributed by atoms with Gasteiger partial charge in [0.05, 0.1) is 24.2 Å². The standard InChI is InChI=1S/C20H15F2N5O2/c21-12-2-1-3-13(22)16(12)18-26-14-9-24-20(29)17(14)19(27-18)25-11-6-4-10(5-7-11)8-15(23)28/h1-7H,8-9H2,(H2,23,28)(H,24,29)(H,25,26,27). The van der Waals surface area contributed by atoms with Gasteiger partial charge in [0, 0.05) is 5.69 Å². The number of amides is 2. The zero-order valence-corrected chi connectivity index (χ0v) is 15.0. The molecule has 0 aliphatic carbocycles. The Morgan fingerprint density at radius 2 is 1.76 bits per heavy atom. The van der Waals surface area contributed by atoms with Gasteiger partial charge in [0.15, 0.2) is 5.82 Å². The van der Waals surface area contributed by atoms with Crippen molar-refractivity contribution >= 4 is 23.3 Å². The van der Waals surface area contributed by atoms with E-state index in [0.717, 1.165) is 17.7 Å². The second-order valence-corrected chi connectivity index (χ2v) is 6.46. The first kappa shape index (κ1) is 18.5. The number of rotatable bonds is 5. The Morgan fingerprint density at radius 3 is 2.41 bits per heavy atom. The van der Waals surface area contributed by atoms with Gasteiger partial charge in [0.25, 0.3) is 5.91 Å². The molecule has 3 aromatic rings. The van der Waals surface area contributed by atoms with Crippen LogP contribution in [0.15, 0.2) is 42.5 Å². The number of benzene rings is 2. The minimum Gasteiger partial charge on any atom is -0.369 e. The van der Waals surface area contributed by atoms with Gasteiger partial charge in [-0.3, -0.25) is 9.59 Å². The van der Waals surface area contributed by atoms with Crippen molar-refractivity contribution in [2.75, 3.05) is 5.32 Å². The van der Waals surface area contributed by atoms with Gasteiger partial charge in [0.2, 0.25) is 5.91 Å². The number of carbonyl (C=O) groups is 2. The van der Waals surface area contributed by atoms with Gasteiger partial charge in [-0.05, 0) is 29.8 Å². The molecule has 0 bridgehead atoms. The van der Waals surface area contributed by atoms with Crippen LogP contribution in [0.1, 0.15) is 21.6 Å². The van der Waals surface area contributed by atoms with Crippen LogP contribution in [-0.2, 0) is 17.8 Å². The molecule has 0 fully saturated rings. The normalized spacial score (nSPS) is 12.4. The van der Waals surface area contributed by atoms with Crippen molar-refractivity contribution in [3.05, 3.63) is 70.9 Å². The largest absolute Gasteiger partial charge is 0.369 e. The van der Waals surface area contributed by atoms with Gasteiger partial charge in [-0.25, -0.2) is 18.7 Å². The van der Waals surface area contributed by atoms with Gasteiger partial charge in [-0.1, -0.05) is 18.2 Å². The molecule has 1 aliphatic heterocycles. The van der Waals surface area contributed by atoms with Gasteiger partial charge < -0.3 is 16.4 Å². The molecular formula is C20H15F2N5O2. The lowest BCUT2D eigenvalue weighted by molar-refractivity contribution is -0.117. The maximum Gasteiger partial charge on any atom is 0.257 e. The molecule has 29 heavy (non-hydrogen) atoms. The third-order valence-corrected chi connectivity index (χ3v) is 4.41. The predicted molar refractivity (Wildman–Crippen MR) is 101 cm³/mol. The molecule has 2 aromatic carbocycles. The van der Waals surface area contributed by atoms with Gasteiger partial charge in [0.1, 0.15) is 23.0 Å². The number of carbonyl (C=O) groups excluding carboxylic acids is 2. The average Bonchev–Trinajstić information content (AvgIpc) is 3.04. The van der Waals surface area contributed by atoms with E-state index < -0.39 is 17.5 Å². The zero-order chi connectivity index (χ0) is 20.5. The van der Waals surface area contributed by atoms with Crippen molar-refractivity contribution in [3.8, 4) is 11.4 Å². The number of nitrogens with two attached hydrogens (primary N) is 1. The fraction of sp³-hybridized carbons (Fsp3) is 0.100. The zero-order valence-electron chi connectivity index (χ0n) is 15.0. The van der Waals surface area contributed by atoms with Gasteiger partial charge in [-0.2, -0.15) is 0 Å². The average molecular weight is 395 g/mol. The summed E-state index contributed by atoms with van der Waals surface area (Å²) in [6.45, 7) is 0.131.